The van der Waals surface area contributed by atoms with Crippen LogP contribution in [0.15, 0.2) is 12.2 Å². The van der Waals surface area contributed by atoms with Gasteiger partial charge in [0, 0.05) is 0 Å². The Kier molecular flexibility index (Phi) is 3.88. The third-order valence-corrected chi connectivity index (χ3v) is 2.40. The third kappa shape index (κ3) is 3.08. The molecule has 1 aliphatic carbocycles. The van der Waals surface area contributed by atoms with E-state index in [-0.39, 0.29) is 6.10 Å². The summed E-state index contributed by atoms with van der Waals surface area (Å²) in [4.78, 5) is 22.5. The van der Waals surface area contributed by atoms with E-state index in [4.69, 9.17) is 9.84 Å². The number of carboxylic acids is 1. The van der Waals surface area contributed by atoms with Crippen molar-refractivity contribution in [3.8, 4) is 0 Å². The lowest BCUT2D eigenvalue weighted by Gasteiger charge is -2.24. The molecule has 84 valence electrons. The molecule has 2 atom stereocenters. The highest BCUT2D eigenvalue weighted by molar-refractivity contribution is 5.81. The van der Waals surface area contributed by atoms with Crippen LogP contribution in [0.2, 0.25) is 0 Å². The van der Waals surface area contributed by atoms with Crippen LogP contribution >= 0.6 is 0 Å². The van der Waals surface area contributed by atoms with E-state index < -0.39 is 23.8 Å². The summed E-state index contributed by atoms with van der Waals surface area (Å²) >= 11 is 0. The molecule has 0 saturated heterocycles. The normalized spacial score (nSPS) is 25.3. The van der Waals surface area contributed by atoms with Gasteiger partial charge in [-0.1, -0.05) is 12.2 Å². The van der Waals surface area contributed by atoms with Crippen molar-refractivity contribution in [1.29, 1.82) is 0 Å². The molecule has 0 saturated carbocycles. The quantitative estimate of drug-likeness (QED) is 0.570. The van der Waals surface area contributed by atoms with E-state index in [9.17, 15) is 9.59 Å². The van der Waals surface area contributed by atoms with E-state index >= 15 is 0 Å². The number of carbonyl (C=O) groups is 2. The monoisotopic (exact) mass is 212 g/mol. The van der Waals surface area contributed by atoms with Crippen molar-refractivity contribution in [2.24, 2.45) is 11.8 Å². The van der Waals surface area contributed by atoms with Crippen LogP contribution < -0.4 is 0 Å². The standard InChI is InChI=1S/C11H16O4/c1-7(2)15-11(14)9-6-4-3-5-8(9)10(12)13/h3-4,7-9H,5-6H2,1-2H3,(H,12,13)/t8-,9+/m1/s1. The molecule has 0 fully saturated rings. The number of allylic oxidation sites excluding steroid dienone is 2. The lowest BCUT2D eigenvalue weighted by atomic mass is 9.83. The van der Waals surface area contributed by atoms with Gasteiger partial charge in [0.15, 0.2) is 0 Å². The Hall–Kier alpha value is -1.32. The molecule has 0 bridgehead atoms. The maximum atomic E-state index is 11.6. The number of hydrogen-bond donors (Lipinski definition) is 1. The first-order valence-electron chi connectivity index (χ1n) is 5.10. The van der Waals surface area contributed by atoms with Gasteiger partial charge in [-0.25, -0.2) is 0 Å². The molecular formula is C11H16O4. The van der Waals surface area contributed by atoms with Crippen molar-refractivity contribution in [2.75, 3.05) is 0 Å². The molecule has 0 spiro atoms. The molecule has 0 aliphatic heterocycles. The second-order valence-electron chi connectivity index (χ2n) is 3.98. The SMILES string of the molecule is CC(C)OC(=O)[C@H]1CC=CC[C@H]1C(=O)O. The van der Waals surface area contributed by atoms with Gasteiger partial charge in [-0.15, -0.1) is 0 Å². The summed E-state index contributed by atoms with van der Waals surface area (Å²) in [5, 5.41) is 8.95. The summed E-state index contributed by atoms with van der Waals surface area (Å²) in [6.07, 6.45) is 4.32. The van der Waals surface area contributed by atoms with Crippen LogP contribution in [0.25, 0.3) is 0 Å². The fourth-order valence-corrected chi connectivity index (χ4v) is 1.67. The second kappa shape index (κ2) is 4.96. The number of aliphatic carboxylic acids is 1. The van der Waals surface area contributed by atoms with E-state index in [0.717, 1.165) is 0 Å². The Morgan fingerprint density at radius 3 is 2.27 bits per heavy atom. The second-order valence-corrected chi connectivity index (χ2v) is 3.98. The van der Waals surface area contributed by atoms with Crippen LogP contribution in [-0.4, -0.2) is 23.1 Å². The first-order valence-corrected chi connectivity index (χ1v) is 5.10. The van der Waals surface area contributed by atoms with E-state index in [1.807, 2.05) is 6.08 Å². The van der Waals surface area contributed by atoms with Crippen molar-refractivity contribution in [3.05, 3.63) is 12.2 Å². The van der Waals surface area contributed by atoms with Crippen LogP contribution in [0.5, 0.6) is 0 Å². The molecule has 4 heteroatoms. The van der Waals surface area contributed by atoms with Gasteiger partial charge in [-0.05, 0) is 26.7 Å². The highest BCUT2D eigenvalue weighted by Gasteiger charge is 2.35. The molecule has 0 aromatic carbocycles. The molecule has 0 unspecified atom stereocenters. The molecule has 1 rings (SSSR count). The fourth-order valence-electron chi connectivity index (χ4n) is 1.67. The van der Waals surface area contributed by atoms with Gasteiger partial charge in [0.05, 0.1) is 17.9 Å². The average Bonchev–Trinajstić information content (AvgIpc) is 2.16. The van der Waals surface area contributed by atoms with Gasteiger partial charge < -0.3 is 9.84 Å². The number of carbonyl (C=O) groups excluding carboxylic acids is 1. The van der Waals surface area contributed by atoms with Gasteiger partial charge in [-0.3, -0.25) is 9.59 Å². The predicted molar refractivity (Wildman–Crippen MR) is 54.2 cm³/mol. The molecule has 4 nitrogen and oxygen atoms in total. The highest BCUT2D eigenvalue weighted by atomic mass is 16.5. The Bertz CT molecular complexity index is 280. The van der Waals surface area contributed by atoms with Gasteiger partial charge in [0.1, 0.15) is 0 Å². The summed E-state index contributed by atoms with van der Waals surface area (Å²) in [7, 11) is 0. The topological polar surface area (TPSA) is 63.6 Å². The van der Waals surface area contributed by atoms with Crippen LogP contribution in [-0.2, 0) is 14.3 Å². The summed E-state index contributed by atoms with van der Waals surface area (Å²) in [5.41, 5.74) is 0. The molecule has 15 heavy (non-hydrogen) atoms. The molecule has 0 amide bonds. The molecule has 0 aromatic heterocycles. The van der Waals surface area contributed by atoms with Crippen molar-refractivity contribution in [1.82, 2.24) is 0 Å². The summed E-state index contributed by atoms with van der Waals surface area (Å²) in [5.74, 6) is -2.50. The Morgan fingerprint density at radius 2 is 1.80 bits per heavy atom. The summed E-state index contributed by atoms with van der Waals surface area (Å²) in [6, 6.07) is 0. The largest absolute Gasteiger partial charge is 0.481 e. The third-order valence-electron chi connectivity index (χ3n) is 2.40. The van der Waals surface area contributed by atoms with Crippen molar-refractivity contribution < 1.29 is 19.4 Å². The Labute approximate surface area is 88.9 Å². The Morgan fingerprint density at radius 1 is 1.27 bits per heavy atom. The smallest absolute Gasteiger partial charge is 0.310 e. The van der Waals surface area contributed by atoms with Crippen LogP contribution in [0.3, 0.4) is 0 Å². The number of carboxylic acid groups (broad SMARTS) is 1. The first-order chi connectivity index (χ1) is 7.02. The Balaban J connectivity index is 2.69. The van der Waals surface area contributed by atoms with E-state index in [1.54, 1.807) is 19.9 Å². The van der Waals surface area contributed by atoms with Crippen LogP contribution in [0.4, 0.5) is 0 Å². The van der Waals surface area contributed by atoms with Crippen LogP contribution in [0.1, 0.15) is 26.7 Å². The minimum atomic E-state index is -0.926. The molecule has 1 aliphatic rings. The molecule has 1 N–H and O–H groups in total. The van der Waals surface area contributed by atoms with Gasteiger partial charge in [0.25, 0.3) is 0 Å². The van der Waals surface area contributed by atoms with Gasteiger partial charge in [0.2, 0.25) is 0 Å². The van der Waals surface area contributed by atoms with Crippen LogP contribution in [0, 0.1) is 11.8 Å². The number of ether oxygens (including phenoxy) is 1. The molecule has 0 heterocycles. The van der Waals surface area contributed by atoms with E-state index in [2.05, 4.69) is 0 Å². The summed E-state index contributed by atoms with van der Waals surface area (Å²) < 4.78 is 5.03. The zero-order valence-corrected chi connectivity index (χ0v) is 8.97. The summed E-state index contributed by atoms with van der Waals surface area (Å²) in [6.45, 7) is 3.51. The zero-order valence-electron chi connectivity index (χ0n) is 8.97. The number of rotatable bonds is 3. The fraction of sp³-hybridized carbons (Fsp3) is 0.636. The highest BCUT2D eigenvalue weighted by Crippen LogP contribution is 2.27. The molecule has 0 aromatic rings. The minimum absolute atomic E-state index is 0.196. The lowest BCUT2D eigenvalue weighted by Crippen LogP contribution is -2.33. The van der Waals surface area contributed by atoms with Crippen molar-refractivity contribution in [3.63, 3.8) is 0 Å². The van der Waals surface area contributed by atoms with E-state index in [1.165, 1.54) is 0 Å². The first kappa shape index (κ1) is 11.8. The number of esters is 1. The predicted octanol–water partition coefficient (Wildman–Crippen LogP) is 1.60. The van der Waals surface area contributed by atoms with Gasteiger partial charge in [-0.2, -0.15) is 0 Å². The van der Waals surface area contributed by atoms with E-state index in [0.29, 0.717) is 12.8 Å². The molecule has 0 radical (unpaired) electrons. The van der Waals surface area contributed by atoms with Crippen molar-refractivity contribution in [2.45, 2.75) is 32.8 Å². The zero-order chi connectivity index (χ0) is 11.4. The van der Waals surface area contributed by atoms with Gasteiger partial charge >= 0.3 is 11.9 Å². The minimum Gasteiger partial charge on any atom is -0.481 e. The maximum Gasteiger partial charge on any atom is 0.310 e. The average molecular weight is 212 g/mol. The number of hydrogen-bond acceptors (Lipinski definition) is 3. The van der Waals surface area contributed by atoms with Crippen molar-refractivity contribution >= 4 is 11.9 Å². The lowest BCUT2D eigenvalue weighted by molar-refractivity contribution is -0.160. The maximum absolute atomic E-state index is 11.6. The molecular weight excluding hydrogens is 196 g/mol.